The second kappa shape index (κ2) is 9.35. The Labute approximate surface area is 150 Å². The van der Waals surface area contributed by atoms with Gasteiger partial charge < -0.3 is 11.1 Å². The Hall–Kier alpha value is -1.17. The van der Waals surface area contributed by atoms with Crippen molar-refractivity contribution in [1.29, 1.82) is 0 Å². The number of halogens is 2. The van der Waals surface area contributed by atoms with Crippen molar-refractivity contribution in [3.63, 3.8) is 0 Å². The summed E-state index contributed by atoms with van der Waals surface area (Å²) in [6.45, 7) is 6.52. The first-order valence-corrected chi connectivity index (χ1v) is 8.47. The molecule has 1 aromatic carbocycles. The highest BCUT2D eigenvalue weighted by Gasteiger charge is 2.30. The monoisotopic (exact) mass is 357 g/mol. The van der Waals surface area contributed by atoms with Crippen LogP contribution in [-0.2, 0) is 11.3 Å². The third-order valence-corrected chi connectivity index (χ3v) is 4.53. The first kappa shape index (κ1) is 20.9. The van der Waals surface area contributed by atoms with Gasteiger partial charge >= 0.3 is 0 Å². The lowest BCUT2D eigenvalue weighted by Crippen LogP contribution is -2.55. The molecule has 1 fully saturated rings. The molecule has 1 atom stereocenters. The number of benzene rings is 1. The highest BCUT2D eigenvalue weighted by Crippen LogP contribution is 2.16. The number of amides is 1. The molecule has 1 aromatic rings. The molecule has 4 nitrogen and oxygen atoms in total. The topological polar surface area (TPSA) is 58.4 Å². The van der Waals surface area contributed by atoms with E-state index in [1.54, 1.807) is 6.92 Å². The highest BCUT2D eigenvalue weighted by atomic mass is 35.5. The van der Waals surface area contributed by atoms with Crippen LogP contribution < -0.4 is 11.1 Å². The summed E-state index contributed by atoms with van der Waals surface area (Å²) in [5, 5.41) is 3.10. The number of rotatable bonds is 6. The molecule has 1 amide bonds. The van der Waals surface area contributed by atoms with Crippen LogP contribution >= 0.6 is 12.4 Å². The van der Waals surface area contributed by atoms with Crippen LogP contribution in [0.5, 0.6) is 0 Å². The molecule has 2 rings (SSSR count). The summed E-state index contributed by atoms with van der Waals surface area (Å²) in [7, 11) is 0. The van der Waals surface area contributed by atoms with E-state index >= 15 is 0 Å². The van der Waals surface area contributed by atoms with Gasteiger partial charge in [0.05, 0.1) is 5.54 Å². The lowest BCUT2D eigenvalue weighted by atomic mass is 9.95. The Morgan fingerprint density at radius 1 is 1.33 bits per heavy atom. The van der Waals surface area contributed by atoms with E-state index in [1.807, 2.05) is 19.1 Å². The molecule has 0 saturated carbocycles. The standard InChI is InChI=1S/C18H28FN3O.ClH/c1-3-10-18(2,20)17(23)21-16-8-11-22(12-9-16)13-14-4-6-15(19)7-5-14;/h4-7,16H,3,8-13,20H2,1-2H3,(H,21,23);1H. The van der Waals surface area contributed by atoms with Gasteiger partial charge in [-0.3, -0.25) is 9.69 Å². The molecule has 0 spiro atoms. The first-order chi connectivity index (χ1) is 10.9. The summed E-state index contributed by atoms with van der Waals surface area (Å²) in [6, 6.07) is 6.85. The zero-order valence-corrected chi connectivity index (χ0v) is 15.4. The van der Waals surface area contributed by atoms with Crippen LogP contribution in [0.3, 0.4) is 0 Å². The second-order valence-electron chi connectivity index (χ2n) is 6.82. The summed E-state index contributed by atoms with van der Waals surface area (Å²) in [5.74, 6) is -0.247. The molecule has 0 bridgehead atoms. The quantitative estimate of drug-likeness (QED) is 0.823. The van der Waals surface area contributed by atoms with Crippen LogP contribution in [0, 0.1) is 5.82 Å². The van der Waals surface area contributed by atoms with E-state index < -0.39 is 5.54 Å². The van der Waals surface area contributed by atoms with Crippen LogP contribution in [0.2, 0.25) is 0 Å². The van der Waals surface area contributed by atoms with Gasteiger partial charge in [0.25, 0.3) is 0 Å². The molecular formula is C18H29ClFN3O. The molecule has 1 saturated heterocycles. The average molecular weight is 358 g/mol. The molecule has 6 heteroatoms. The van der Waals surface area contributed by atoms with Crippen LogP contribution in [0.25, 0.3) is 0 Å². The summed E-state index contributed by atoms with van der Waals surface area (Å²) in [4.78, 5) is 14.6. The maximum Gasteiger partial charge on any atom is 0.240 e. The van der Waals surface area contributed by atoms with E-state index in [0.717, 1.165) is 44.5 Å². The third kappa shape index (κ3) is 6.04. The SMILES string of the molecule is CCCC(C)(N)C(=O)NC1CCN(Cc2ccc(F)cc2)CC1.Cl. The van der Waals surface area contributed by atoms with Crippen molar-refractivity contribution in [2.75, 3.05) is 13.1 Å². The number of hydrogen-bond acceptors (Lipinski definition) is 3. The van der Waals surface area contributed by atoms with Crippen molar-refractivity contribution in [3.8, 4) is 0 Å². The van der Waals surface area contributed by atoms with E-state index in [4.69, 9.17) is 5.73 Å². The van der Waals surface area contributed by atoms with Gasteiger partial charge in [0.15, 0.2) is 0 Å². The van der Waals surface area contributed by atoms with Crippen LogP contribution in [0.4, 0.5) is 4.39 Å². The van der Waals surface area contributed by atoms with Gasteiger partial charge in [-0.05, 0) is 43.9 Å². The van der Waals surface area contributed by atoms with Crippen molar-refractivity contribution >= 4 is 18.3 Å². The third-order valence-electron chi connectivity index (χ3n) is 4.53. The summed E-state index contributed by atoms with van der Waals surface area (Å²) >= 11 is 0. The number of nitrogens with two attached hydrogens (primary N) is 1. The normalized spacial score (nSPS) is 18.5. The Balaban J connectivity index is 0.00000288. The van der Waals surface area contributed by atoms with Gasteiger partial charge in [-0.1, -0.05) is 25.5 Å². The van der Waals surface area contributed by atoms with Crippen molar-refractivity contribution in [3.05, 3.63) is 35.6 Å². The van der Waals surface area contributed by atoms with Gasteiger partial charge in [0.2, 0.25) is 5.91 Å². The maximum atomic E-state index is 12.9. The van der Waals surface area contributed by atoms with Gasteiger partial charge in [-0.25, -0.2) is 4.39 Å². The summed E-state index contributed by atoms with van der Waals surface area (Å²) in [5.41, 5.74) is 6.42. The number of carbonyl (C=O) groups is 1. The van der Waals surface area contributed by atoms with E-state index in [0.29, 0.717) is 6.42 Å². The predicted molar refractivity (Wildman–Crippen MR) is 97.6 cm³/mol. The number of carbonyl (C=O) groups excluding carboxylic acids is 1. The fraction of sp³-hybridized carbons (Fsp3) is 0.611. The minimum absolute atomic E-state index is 0. The highest BCUT2D eigenvalue weighted by molar-refractivity contribution is 5.86. The number of likely N-dealkylation sites (tertiary alicyclic amines) is 1. The van der Waals surface area contributed by atoms with Crippen LogP contribution in [0.1, 0.15) is 45.1 Å². The lowest BCUT2D eigenvalue weighted by Gasteiger charge is -2.34. The molecule has 1 aliphatic heterocycles. The van der Waals surface area contributed by atoms with Gasteiger partial charge in [-0.2, -0.15) is 0 Å². The van der Waals surface area contributed by atoms with Crippen LogP contribution in [0.15, 0.2) is 24.3 Å². The van der Waals surface area contributed by atoms with Crippen LogP contribution in [-0.4, -0.2) is 35.5 Å². The minimum atomic E-state index is -0.778. The fourth-order valence-electron chi connectivity index (χ4n) is 3.07. The van der Waals surface area contributed by atoms with E-state index in [2.05, 4.69) is 10.2 Å². The zero-order chi connectivity index (χ0) is 16.9. The van der Waals surface area contributed by atoms with Gasteiger partial charge in [-0.15, -0.1) is 12.4 Å². The average Bonchev–Trinajstić information content (AvgIpc) is 2.51. The van der Waals surface area contributed by atoms with Gasteiger partial charge in [0.1, 0.15) is 5.82 Å². The molecular weight excluding hydrogens is 329 g/mol. The molecule has 1 aliphatic rings. The molecule has 24 heavy (non-hydrogen) atoms. The second-order valence-corrected chi connectivity index (χ2v) is 6.82. The zero-order valence-electron chi connectivity index (χ0n) is 14.6. The molecule has 3 N–H and O–H groups in total. The molecule has 1 heterocycles. The number of nitrogens with zero attached hydrogens (tertiary/aromatic N) is 1. The molecule has 1 unspecified atom stereocenters. The summed E-state index contributed by atoms with van der Waals surface area (Å²) in [6.07, 6.45) is 3.45. The summed E-state index contributed by atoms with van der Waals surface area (Å²) < 4.78 is 12.9. The van der Waals surface area contributed by atoms with Crippen molar-refractivity contribution in [1.82, 2.24) is 10.2 Å². The largest absolute Gasteiger partial charge is 0.352 e. The smallest absolute Gasteiger partial charge is 0.240 e. The number of hydrogen-bond donors (Lipinski definition) is 2. The lowest BCUT2D eigenvalue weighted by molar-refractivity contribution is -0.127. The van der Waals surface area contributed by atoms with E-state index in [9.17, 15) is 9.18 Å². The van der Waals surface area contributed by atoms with Gasteiger partial charge in [0, 0.05) is 25.7 Å². The Morgan fingerprint density at radius 3 is 2.46 bits per heavy atom. The van der Waals surface area contributed by atoms with Crippen molar-refractivity contribution in [2.45, 2.75) is 57.7 Å². The molecule has 0 aliphatic carbocycles. The Bertz CT molecular complexity index is 514. The first-order valence-electron chi connectivity index (χ1n) is 8.47. The molecule has 0 radical (unpaired) electrons. The number of piperidine rings is 1. The van der Waals surface area contributed by atoms with E-state index in [-0.39, 0.29) is 30.2 Å². The molecule has 136 valence electrons. The predicted octanol–water partition coefficient (Wildman–Crippen LogP) is 2.85. The molecule has 0 aromatic heterocycles. The Kier molecular flexibility index (Phi) is 8.13. The minimum Gasteiger partial charge on any atom is -0.352 e. The van der Waals surface area contributed by atoms with Crippen molar-refractivity contribution < 1.29 is 9.18 Å². The number of nitrogens with one attached hydrogen (secondary N) is 1. The maximum absolute atomic E-state index is 12.9. The fourth-order valence-corrected chi connectivity index (χ4v) is 3.07. The van der Waals surface area contributed by atoms with Crippen molar-refractivity contribution in [2.24, 2.45) is 5.73 Å². The van der Waals surface area contributed by atoms with E-state index in [1.165, 1.54) is 12.1 Å². The Morgan fingerprint density at radius 2 is 1.92 bits per heavy atom.